The number of hydrogen-bond donors (Lipinski definition) is 1. The minimum Gasteiger partial charge on any atom is -0.482 e. The van der Waals surface area contributed by atoms with Crippen LogP contribution in [0.15, 0.2) is 60.9 Å². The van der Waals surface area contributed by atoms with Crippen LogP contribution in [0, 0.1) is 5.82 Å². The molecule has 0 saturated heterocycles. The van der Waals surface area contributed by atoms with Crippen molar-refractivity contribution >= 4 is 11.8 Å². The lowest BCUT2D eigenvalue weighted by molar-refractivity contribution is -0.155. The van der Waals surface area contributed by atoms with E-state index in [1.165, 1.54) is 12.3 Å². The Hall–Kier alpha value is -3.58. The van der Waals surface area contributed by atoms with Crippen molar-refractivity contribution in [1.82, 2.24) is 4.98 Å². The molecule has 2 aromatic carbocycles. The van der Waals surface area contributed by atoms with E-state index in [9.17, 15) is 14.0 Å². The zero-order valence-corrected chi connectivity index (χ0v) is 18.1. The SMILES string of the molecule is NCc1ccc(C(=O)Cc2ccncc2F)cc1-c1cccc(OCC(=O)OC2CCC2)c1. The molecule has 0 aliphatic heterocycles. The normalized spacial score (nSPS) is 13.3. The monoisotopic (exact) mass is 448 g/mol. The zero-order valence-electron chi connectivity index (χ0n) is 18.1. The molecule has 1 aliphatic carbocycles. The summed E-state index contributed by atoms with van der Waals surface area (Å²) in [4.78, 5) is 28.5. The number of nitrogens with zero attached hydrogens (tertiary/aromatic N) is 1. The Bertz CT molecular complexity index is 1160. The van der Waals surface area contributed by atoms with Crippen molar-refractivity contribution in [3.63, 3.8) is 0 Å². The van der Waals surface area contributed by atoms with Crippen LogP contribution in [0.4, 0.5) is 4.39 Å². The molecule has 1 fully saturated rings. The topological polar surface area (TPSA) is 91.5 Å². The van der Waals surface area contributed by atoms with Crippen molar-refractivity contribution in [2.24, 2.45) is 5.73 Å². The van der Waals surface area contributed by atoms with E-state index < -0.39 is 5.82 Å². The van der Waals surface area contributed by atoms with Crippen LogP contribution < -0.4 is 10.5 Å². The molecular weight excluding hydrogens is 423 g/mol. The molecule has 3 aromatic rings. The molecule has 0 bridgehead atoms. The van der Waals surface area contributed by atoms with Crippen LogP contribution >= 0.6 is 0 Å². The number of esters is 1. The zero-order chi connectivity index (χ0) is 23.2. The van der Waals surface area contributed by atoms with Crippen molar-refractivity contribution in [1.29, 1.82) is 0 Å². The highest BCUT2D eigenvalue weighted by Crippen LogP contribution is 2.29. The average Bonchev–Trinajstić information content (AvgIpc) is 2.81. The summed E-state index contributed by atoms with van der Waals surface area (Å²) in [5.74, 6) is -0.596. The van der Waals surface area contributed by atoms with Crippen molar-refractivity contribution in [3.8, 4) is 16.9 Å². The lowest BCUT2D eigenvalue weighted by atomic mass is 9.94. The van der Waals surface area contributed by atoms with Gasteiger partial charge >= 0.3 is 5.97 Å². The number of halogens is 1. The van der Waals surface area contributed by atoms with Crippen molar-refractivity contribution in [3.05, 3.63) is 83.4 Å². The summed E-state index contributed by atoms with van der Waals surface area (Å²) in [6.45, 7) is 0.112. The molecule has 0 unspecified atom stereocenters. The minimum absolute atomic E-state index is 0.0143. The van der Waals surface area contributed by atoms with Crippen LogP contribution in [0.2, 0.25) is 0 Å². The van der Waals surface area contributed by atoms with E-state index in [4.69, 9.17) is 15.2 Å². The van der Waals surface area contributed by atoms with Gasteiger partial charge in [-0.2, -0.15) is 0 Å². The highest BCUT2D eigenvalue weighted by Gasteiger charge is 2.22. The number of nitrogens with two attached hydrogens (primary N) is 1. The number of benzene rings is 2. The summed E-state index contributed by atoms with van der Waals surface area (Å²) >= 11 is 0. The standard InChI is InChI=1S/C26H25FN2O4/c27-24-15-29-10-9-18(24)13-25(30)19-7-8-20(14-28)23(12-19)17-3-1-6-22(11-17)32-16-26(31)33-21-4-2-5-21/h1,3,6-12,15,21H,2,4-5,13-14,16,28H2. The first kappa shape index (κ1) is 22.6. The van der Waals surface area contributed by atoms with E-state index in [0.717, 1.165) is 42.1 Å². The van der Waals surface area contributed by atoms with Crippen LogP contribution in [0.1, 0.15) is 40.7 Å². The molecular formula is C26H25FN2O4. The summed E-state index contributed by atoms with van der Waals surface area (Å²) in [5.41, 5.74) is 9.10. The second kappa shape index (κ2) is 10.4. The first-order valence-corrected chi connectivity index (χ1v) is 10.9. The maximum atomic E-state index is 13.9. The molecule has 170 valence electrons. The smallest absolute Gasteiger partial charge is 0.344 e. The molecule has 6 nitrogen and oxygen atoms in total. The predicted molar refractivity (Wildman–Crippen MR) is 121 cm³/mol. The van der Waals surface area contributed by atoms with E-state index in [2.05, 4.69) is 4.98 Å². The predicted octanol–water partition coefficient (Wildman–Crippen LogP) is 4.25. The lowest BCUT2D eigenvalue weighted by Crippen LogP contribution is -2.27. The van der Waals surface area contributed by atoms with Gasteiger partial charge in [0.05, 0.1) is 6.20 Å². The van der Waals surface area contributed by atoms with Gasteiger partial charge in [-0.1, -0.05) is 24.3 Å². The van der Waals surface area contributed by atoms with Crippen molar-refractivity contribution in [2.75, 3.05) is 6.61 Å². The maximum Gasteiger partial charge on any atom is 0.344 e. The van der Waals surface area contributed by atoms with Gasteiger partial charge in [0.2, 0.25) is 0 Å². The van der Waals surface area contributed by atoms with E-state index in [-0.39, 0.29) is 37.4 Å². The third-order valence-corrected chi connectivity index (χ3v) is 5.71. The Morgan fingerprint density at radius 2 is 1.94 bits per heavy atom. The Morgan fingerprint density at radius 3 is 2.67 bits per heavy atom. The number of rotatable bonds is 9. The second-order valence-corrected chi connectivity index (χ2v) is 8.00. The number of ketones is 1. The van der Waals surface area contributed by atoms with Gasteiger partial charge in [-0.25, -0.2) is 9.18 Å². The molecule has 0 radical (unpaired) electrons. The first-order chi connectivity index (χ1) is 16.0. The maximum absolute atomic E-state index is 13.9. The van der Waals surface area contributed by atoms with Gasteiger partial charge in [-0.05, 0) is 65.8 Å². The van der Waals surface area contributed by atoms with Gasteiger partial charge in [0.1, 0.15) is 17.7 Å². The lowest BCUT2D eigenvalue weighted by Gasteiger charge is -2.25. The minimum atomic E-state index is -0.509. The fourth-order valence-corrected chi connectivity index (χ4v) is 3.62. The van der Waals surface area contributed by atoms with Crippen LogP contribution in [0.25, 0.3) is 11.1 Å². The molecule has 2 N–H and O–H groups in total. The Kier molecular flexibility index (Phi) is 7.10. The molecule has 33 heavy (non-hydrogen) atoms. The van der Waals surface area contributed by atoms with Crippen LogP contribution in [0.3, 0.4) is 0 Å². The largest absolute Gasteiger partial charge is 0.482 e. The highest BCUT2D eigenvalue weighted by atomic mass is 19.1. The number of pyridine rings is 1. The quantitative estimate of drug-likeness (QED) is 0.389. The average molecular weight is 448 g/mol. The van der Waals surface area contributed by atoms with Gasteiger partial charge < -0.3 is 15.2 Å². The van der Waals surface area contributed by atoms with Gasteiger partial charge in [0, 0.05) is 24.7 Å². The molecule has 0 spiro atoms. The molecule has 1 aliphatic rings. The van der Waals surface area contributed by atoms with E-state index in [0.29, 0.717) is 16.9 Å². The van der Waals surface area contributed by atoms with Crippen LogP contribution in [0.5, 0.6) is 5.75 Å². The number of carbonyl (C=O) groups excluding carboxylic acids is 2. The second-order valence-electron chi connectivity index (χ2n) is 8.00. The molecule has 7 heteroatoms. The fraction of sp³-hybridized carbons (Fsp3) is 0.269. The highest BCUT2D eigenvalue weighted by molar-refractivity contribution is 5.98. The van der Waals surface area contributed by atoms with E-state index >= 15 is 0 Å². The number of Topliss-reactive ketones (excluding diaryl/α,β-unsaturated/α-hetero) is 1. The van der Waals surface area contributed by atoms with Crippen molar-refractivity contribution in [2.45, 2.75) is 38.3 Å². The summed E-state index contributed by atoms with van der Waals surface area (Å²) in [7, 11) is 0. The molecule has 1 aromatic heterocycles. The number of hydrogen-bond acceptors (Lipinski definition) is 6. The number of aromatic nitrogens is 1. The molecule has 1 heterocycles. The molecule has 0 amide bonds. The Labute approximate surface area is 191 Å². The Balaban J connectivity index is 1.51. The Morgan fingerprint density at radius 1 is 1.09 bits per heavy atom. The summed E-state index contributed by atoms with van der Waals surface area (Å²) < 4.78 is 24.9. The van der Waals surface area contributed by atoms with Crippen LogP contribution in [-0.2, 0) is 22.5 Å². The third-order valence-electron chi connectivity index (χ3n) is 5.71. The van der Waals surface area contributed by atoms with Gasteiger partial charge in [0.15, 0.2) is 12.4 Å². The molecule has 0 atom stereocenters. The third kappa shape index (κ3) is 5.62. The molecule has 4 rings (SSSR count). The van der Waals surface area contributed by atoms with Crippen LogP contribution in [-0.4, -0.2) is 29.4 Å². The van der Waals surface area contributed by atoms with Gasteiger partial charge in [-0.15, -0.1) is 0 Å². The fourth-order valence-electron chi connectivity index (χ4n) is 3.62. The van der Waals surface area contributed by atoms with Gasteiger partial charge in [-0.3, -0.25) is 9.78 Å². The number of carbonyl (C=O) groups is 2. The van der Waals surface area contributed by atoms with Gasteiger partial charge in [0.25, 0.3) is 0 Å². The summed E-state index contributed by atoms with van der Waals surface area (Å²) in [6, 6.07) is 14.0. The van der Waals surface area contributed by atoms with Crippen molar-refractivity contribution < 1.29 is 23.5 Å². The van der Waals surface area contributed by atoms with E-state index in [1.807, 2.05) is 12.1 Å². The summed E-state index contributed by atoms with van der Waals surface area (Å²) in [5, 5.41) is 0. The number of ether oxygens (including phenoxy) is 2. The summed E-state index contributed by atoms with van der Waals surface area (Å²) in [6.07, 6.45) is 5.41. The molecule has 1 saturated carbocycles. The van der Waals surface area contributed by atoms with E-state index in [1.54, 1.807) is 30.3 Å². The first-order valence-electron chi connectivity index (χ1n) is 10.9.